The molecule has 4 aromatic carbocycles. The smallest absolute Gasteiger partial charge is 0.165 e. The van der Waals surface area contributed by atoms with Crippen molar-refractivity contribution in [2.75, 3.05) is 0 Å². The molecule has 4 aromatic rings. The maximum Gasteiger partial charge on any atom is 0.165 e. The molecule has 352 valence electrons. The van der Waals surface area contributed by atoms with Crippen LogP contribution in [0, 0.1) is 0 Å². The predicted octanol–water partition coefficient (Wildman–Crippen LogP) is 18.6. The molecule has 0 aliphatic rings. The Balaban J connectivity index is 0.000000667. The van der Waals surface area contributed by atoms with E-state index < -0.39 is 0 Å². The zero-order valence-electron chi connectivity index (χ0n) is 40.2. The number of benzene rings is 4. The number of fused-ring (bicyclic) bond motifs is 1. The molecule has 4 nitrogen and oxygen atoms in total. The molecule has 63 heavy (non-hydrogen) atoms. The maximum atomic E-state index is 9.76. The van der Waals surface area contributed by atoms with E-state index in [9.17, 15) is 10.2 Å². The van der Waals surface area contributed by atoms with E-state index in [2.05, 4.69) is 79.3 Å². The fourth-order valence-corrected chi connectivity index (χ4v) is 8.42. The van der Waals surface area contributed by atoms with Crippen molar-refractivity contribution < 1.29 is 26.7 Å². The minimum Gasteiger partial charge on any atom is -0.504 e. The third-order valence-electron chi connectivity index (χ3n) is 12.4. The molecule has 0 aromatic heterocycles. The molecular weight excluding hydrogens is 815 g/mol. The van der Waals surface area contributed by atoms with Crippen LogP contribution in [-0.2, 0) is 35.8 Å². The van der Waals surface area contributed by atoms with Gasteiger partial charge in [0.15, 0.2) is 11.5 Å². The second-order valence-electron chi connectivity index (χ2n) is 17.9. The summed E-state index contributed by atoms with van der Waals surface area (Å²) in [6.45, 7) is 6.73. The molecule has 0 bridgehead atoms. The third-order valence-corrected chi connectivity index (χ3v) is 12.4. The summed E-state index contributed by atoms with van der Waals surface area (Å²) < 4.78 is 0. The Hall–Kier alpha value is -3.43. The van der Waals surface area contributed by atoms with Crippen LogP contribution in [0.4, 0.5) is 11.4 Å². The van der Waals surface area contributed by atoms with Crippen LogP contribution in [0.25, 0.3) is 10.8 Å². The Morgan fingerprint density at radius 2 is 0.714 bits per heavy atom. The number of hydrogen-bond acceptors (Lipinski definition) is 4. The summed E-state index contributed by atoms with van der Waals surface area (Å²) in [5.41, 5.74) is 5.94. The topological polar surface area (TPSA) is 65.2 Å². The fourth-order valence-electron chi connectivity index (χ4n) is 8.42. The number of nitrogens with zero attached hydrogens (tertiary/aromatic N) is 2. The molecule has 0 aliphatic carbocycles. The molecule has 0 spiro atoms. The SMILES string of the molecule is CCCCCCCCCCCCCCCc1ccc(N=CC=Nc2ccc(CCCCCCCCCCCCCCC)cc2)cc1.CCCCc1cc(O)c(O)c2ccccc12.[Ni]. The summed E-state index contributed by atoms with van der Waals surface area (Å²) >= 11 is 0. The van der Waals surface area contributed by atoms with Gasteiger partial charge < -0.3 is 10.2 Å². The van der Waals surface area contributed by atoms with E-state index in [1.807, 2.05) is 36.7 Å². The van der Waals surface area contributed by atoms with Gasteiger partial charge in [0.1, 0.15) is 0 Å². The number of unbranched alkanes of at least 4 members (excludes halogenated alkanes) is 25. The molecule has 0 radical (unpaired) electrons. The van der Waals surface area contributed by atoms with Crippen LogP contribution in [0.2, 0.25) is 0 Å². The monoisotopic (exact) mass is 903 g/mol. The first-order valence-electron chi connectivity index (χ1n) is 25.7. The van der Waals surface area contributed by atoms with Crippen molar-refractivity contribution in [1.29, 1.82) is 0 Å². The van der Waals surface area contributed by atoms with Crippen molar-refractivity contribution in [2.24, 2.45) is 9.98 Å². The van der Waals surface area contributed by atoms with Crippen LogP contribution >= 0.6 is 0 Å². The third kappa shape index (κ3) is 26.2. The summed E-state index contributed by atoms with van der Waals surface area (Å²) in [6, 6.07) is 26.8. The molecule has 4 rings (SSSR count). The van der Waals surface area contributed by atoms with Crippen molar-refractivity contribution in [2.45, 2.75) is 220 Å². The van der Waals surface area contributed by atoms with Crippen LogP contribution in [0.1, 0.15) is 217 Å². The van der Waals surface area contributed by atoms with Gasteiger partial charge in [-0.25, -0.2) is 0 Å². The molecule has 0 heterocycles. The van der Waals surface area contributed by atoms with Gasteiger partial charge in [0.05, 0.1) is 11.4 Å². The standard InChI is InChI=1S/C44H72N2.C14H16O2.Ni/c1-3-5-7-9-11-13-15-17-19-21-23-25-27-29-41-31-35-43(36-32-41)45-39-40-46-44-37-33-42(34-38-44)30-28-26-24-22-20-18-16-14-12-10-8-6-4-2;1-2-3-6-10-9-13(15)14(16)12-8-5-4-7-11(10)12;/h31-40H,3-30H2,1-2H3;4-5,7-9,15-16H,2-3,6H2,1H3;. The van der Waals surface area contributed by atoms with E-state index in [0.717, 1.165) is 47.0 Å². The van der Waals surface area contributed by atoms with Crippen molar-refractivity contribution in [3.8, 4) is 11.5 Å². The quantitative estimate of drug-likeness (QED) is 0.0212. The van der Waals surface area contributed by atoms with Crippen LogP contribution in [0.5, 0.6) is 11.5 Å². The second kappa shape index (κ2) is 37.9. The van der Waals surface area contributed by atoms with Crippen LogP contribution in [-0.4, -0.2) is 22.6 Å². The summed E-state index contributed by atoms with van der Waals surface area (Å²) in [5.74, 6) is -0.0411. The molecule has 2 N–H and O–H groups in total. The van der Waals surface area contributed by atoms with Crippen molar-refractivity contribution >= 4 is 34.6 Å². The molecule has 0 unspecified atom stereocenters. The molecular formula is C58H88N2NiO2. The van der Waals surface area contributed by atoms with Gasteiger partial charge in [-0.05, 0) is 90.9 Å². The summed E-state index contributed by atoms with van der Waals surface area (Å²) in [6.07, 6.45) is 45.8. The number of aliphatic imine (C=N–C) groups is 2. The van der Waals surface area contributed by atoms with Gasteiger partial charge in [0, 0.05) is 34.3 Å². The second-order valence-corrected chi connectivity index (χ2v) is 17.9. The normalized spacial score (nSPS) is 11.3. The molecule has 0 fully saturated rings. The number of aryl methyl sites for hydroxylation is 3. The first-order chi connectivity index (χ1) is 30.5. The Labute approximate surface area is 396 Å². The molecule has 0 atom stereocenters. The van der Waals surface area contributed by atoms with Gasteiger partial charge in [0.25, 0.3) is 0 Å². The Kier molecular flexibility index (Phi) is 33.5. The van der Waals surface area contributed by atoms with Gasteiger partial charge in [-0.3, -0.25) is 9.98 Å². The van der Waals surface area contributed by atoms with E-state index in [1.165, 1.54) is 191 Å². The Morgan fingerprint density at radius 3 is 1.08 bits per heavy atom. The molecule has 0 saturated carbocycles. The van der Waals surface area contributed by atoms with Gasteiger partial charge >= 0.3 is 0 Å². The predicted molar refractivity (Wildman–Crippen MR) is 274 cm³/mol. The molecule has 0 saturated heterocycles. The van der Waals surface area contributed by atoms with Gasteiger partial charge in [-0.1, -0.05) is 230 Å². The van der Waals surface area contributed by atoms with Crippen molar-refractivity contribution in [1.82, 2.24) is 0 Å². The number of aromatic hydroxyl groups is 2. The Bertz CT molecular complexity index is 1650. The van der Waals surface area contributed by atoms with Gasteiger partial charge in [0.2, 0.25) is 0 Å². The number of phenolic OH excluding ortho intramolecular Hbond substituents is 2. The Morgan fingerprint density at radius 1 is 0.381 bits per heavy atom. The van der Waals surface area contributed by atoms with E-state index in [-0.39, 0.29) is 28.0 Å². The van der Waals surface area contributed by atoms with E-state index >= 15 is 0 Å². The van der Waals surface area contributed by atoms with Crippen molar-refractivity contribution in [3.05, 3.63) is 95.6 Å². The van der Waals surface area contributed by atoms with E-state index in [4.69, 9.17) is 0 Å². The number of hydrogen-bond donors (Lipinski definition) is 2. The number of rotatable bonds is 34. The first-order valence-corrected chi connectivity index (χ1v) is 25.7. The van der Waals surface area contributed by atoms with Gasteiger partial charge in [-0.2, -0.15) is 0 Å². The largest absolute Gasteiger partial charge is 0.504 e. The summed E-state index contributed by atoms with van der Waals surface area (Å²) in [4.78, 5) is 9.15. The molecule has 0 aliphatic heterocycles. The number of phenols is 2. The van der Waals surface area contributed by atoms with Crippen LogP contribution in [0.3, 0.4) is 0 Å². The summed E-state index contributed by atoms with van der Waals surface area (Å²) in [7, 11) is 0. The zero-order valence-corrected chi connectivity index (χ0v) is 41.2. The van der Waals surface area contributed by atoms with Gasteiger partial charge in [-0.15, -0.1) is 0 Å². The van der Waals surface area contributed by atoms with E-state index in [1.54, 1.807) is 6.07 Å². The maximum absolute atomic E-state index is 9.76. The van der Waals surface area contributed by atoms with Crippen LogP contribution in [0.15, 0.2) is 88.8 Å². The minimum absolute atomic E-state index is 0. The van der Waals surface area contributed by atoms with E-state index in [0.29, 0.717) is 0 Å². The average molecular weight is 904 g/mol. The average Bonchev–Trinajstić information content (AvgIpc) is 3.30. The first kappa shape index (κ1) is 55.7. The van der Waals surface area contributed by atoms with Crippen LogP contribution < -0.4 is 0 Å². The molecule has 5 heteroatoms. The minimum atomic E-state index is -0.0233. The van der Waals surface area contributed by atoms with Crippen molar-refractivity contribution in [3.63, 3.8) is 0 Å². The zero-order chi connectivity index (χ0) is 44.1. The fraction of sp³-hybridized carbons (Fsp3) is 0.586. The summed E-state index contributed by atoms with van der Waals surface area (Å²) in [5, 5.41) is 21.2. The molecule has 0 amide bonds.